The van der Waals surface area contributed by atoms with Crippen LogP contribution < -0.4 is 11.3 Å². The Balaban J connectivity index is 1.60. The summed E-state index contributed by atoms with van der Waals surface area (Å²) in [6.45, 7) is 2.06. The molecule has 4 heterocycles. The average Bonchev–Trinajstić information content (AvgIpc) is 2.65. The Morgan fingerprint density at radius 3 is 2.84 bits per heavy atom. The van der Waals surface area contributed by atoms with E-state index in [2.05, 4.69) is 24.8 Å². The second kappa shape index (κ2) is 6.45. The largest absolute Gasteiger partial charge is 0.383 e. The van der Waals surface area contributed by atoms with Crippen molar-refractivity contribution in [2.75, 3.05) is 12.3 Å². The van der Waals surface area contributed by atoms with Crippen LogP contribution >= 0.6 is 0 Å². The Bertz CT molecular complexity index is 953. The lowest BCUT2D eigenvalue weighted by Crippen LogP contribution is -2.35. The number of rotatable bonds is 3. The molecule has 126 valence electrons. The topological polar surface area (TPSA) is 101 Å². The van der Waals surface area contributed by atoms with E-state index in [0.717, 1.165) is 35.3 Å². The molecule has 0 saturated carbocycles. The number of pyridine rings is 2. The zero-order valence-electron chi connectivity index (χ0n) is 13.6. The molecule has 0 fully saturated rings. The van der Waals surface area contributed by atoms with Gasteiger partial charge in [0.1, 0.15) is 11.6 Å². The zero-order valence-corrected chi connectivity index (χ0v) is 13.6. The maximum absolute atomic E-state index is 12.5. The predicted octanol–water partition coefficient (Wildman–Crippen LogP) is 1.37. The Kier molecular flexibility index (Phi) is 3.99. The van der Waals surface area contributed by atoms with E-state index in [1.165, 1.54) is 0 Å². The van der Waals surface area contributed by atoms with Crippen LogP contribution in [0.25, 0.3) is 11.4 Å². The van der Waals surface area contributed by atoms with E-state index in [9.17, 15) is 4.79 Å². The number of nitrogens with zero attached hydrogens (tertiary/aromatic N) is 4. The number of aromatic amines is 1. The van der Waals surface area contributed by atoms with Gasteiger partial charge in [0.15, 0.2) is 0 Å². The summed E-state index contributed by atoms with van der Waals surface area (Å²) in [6.07, 6.45) is 5.79. The van der Waals surface area contributed by atoms with Gasteiger partial charge in [-0.2, -0.15) is 0 Å². The number of hydrogen-bond acceptors (Lipinski definition) is 6. The molecule has 3 N–H and O–H groups in total. The summed E-state index contributed by atoms with van der Waals surface area (Å²) in [5.41, 5.74) is 9.27. The van der Waals surface area contributed by atoms with Gasteiger partial charge in [0.2, 0.25) is 0 Å². The van der Waals surface area contributed by atoms with Crippen LogP contribution in [-0.2, 0) is 19.5 Å². The lowest BCUT2D eigenvalue weighted by Gasteiger charge is -2.28. The molecule has 0 spiro atoms. The van der Waals surface area contributed by atoms with Crippen molar-refractivity contribution >= 4 is 5.82 Å². The van der Waals surface area contributed by atoms with Crippen molar-refractivity contribution in [1.82, 2.24) is 24.8 Å². The van der Waals surface area contributed by atoms with Gasteiger partial charge < -0.3 is 10.7 Å². The molecule has 1 aliphatic heterocycles. The number of aromatic nitrogens is 4. The molecule has 4 rings (SSSR count). The predicted molar refractivity (Wildman–Crippen MR) is 94.6 cm³/mol. The Hall–Kier alpha value is -3.06. The van der Waals surface area contributed by atoms with E-state index in [1.54, 1.807) is 18.6 Å². The van der Waals surface area contributed by atoms with Crippen LogP contribution in [0.1, 0.15) is 16.8 Å². The van der Waals surface area contributed by atoms with Crippen molar-refractivity contribution < 1.29 is 0 Å². The molecule has 0 unspecified atom stereocenters. The van der Waals surface area contributed by atoms with Gasteiger partial charge in [0.05, 0.1) is 11.3 Å². The lowest BCUT2D eigenvalue weighted by molar-refractivity contribution is 0.242. The lowest BCUT2D eigenvalue weighted by atomic mass is 10.1. The minimum atomic E-state index is -0.0827. The van der Waals surface area contributed by atoms with Gasteiger partial charge >= 0.3 is 0 Å². The summed E-state index contributed by atoms with van der Waals surface area (Å²) in [7, 11) is 0. The van der Waals surface area contributed by atoms with Crippen molar-refractivity contribution in [3.63, 3.8) is 0 Å². The van der Waals surface area contributed by atoms with E-state index in [4.69, 9.17) is 5.73 Å². The van der Waals surface area contributed by atoms with Crippen LogP contribution in [-0.4, -0.2) is 31.4 Å². The average molecular weight is 334 g/mol. The quantitative estimate of drug-likeness (QED) is 0.750. The first-order valence-electron chi connectivity index (χ1n) is 8.15. The zero-order chi connectivity index (χ0) is 17.2. The standard InChI is InChI=1S/C18H18N6O/c19-16-13(2-1-6-21-16)10-24-9-5-15-14(11-24)18(25)23-17(22-15)12-3-7-20-8-4-12/h1-4,6-8H,5,9-11H2,(H2,19,21)(H,22,23,25). The van der Waals surface area contributed by atoms with Crippen LogP contribution in [0, 0.1) is 0 Å². The summed E-state index contributed by atoms with van der Waals surface area (Å²) in [4.78, 5) is 30.4. The molecule has 0 radical (unpaired) electrons. The Morgan fingerprint density at radius 2 is 2.04 bits per heavy atom. The maximum atomic E-state index is 12.5. The van der Waals surface area contributed by atoms with Crippen molar-refractivity contribution in [3.05, 3.63) is 70.0 Å². The number of hydrogen-bond donors (Lipinski definition) is 2. The third-order valence-corrected chi connectivity index (χ3v) is 4.42. The molecule has 7 heteroatoms. The fourth-order valence-corrected chi connectivity index (χ4v) is 3.09. The molecule has 3 aromatic heterocycles. The first-order chi connectivity index (χ1) is 12.2. The van der Waals surface area contributed by atoms with E-state index < -0.39 is 0 Å². The van der Waals surface area contributed by atoms with Gasteiger partial charge in [-0.15, -0.1) is 0 Å². The number of fused-ring (bicyclic) bond motifs is 1. The van der Waals surface area contributed by atoms with Crippen molar-refractivity contribution in [3.8, 4) is 11.4 Å². The van der Waals surface area contributed by atoms with Crippen LogP contribution in [0.2, 0.25) is 0 Å². The first-order valence-corrected chi connectivity index (χ1v) is 8.15. The molecule has 0 atom stereocenters. The third kappa shape index (κ3) is 3.14. The maximum Gasteiger partial charge on any atom is 0.255 e. The Morgan fingerprint density at radius 1 is 1.20 bits per heavy atom. The van der Waals surface area contributed by atoms with Gasteiger partial charge in [-0.25, -0.2) is 9.97 Å². The minimum absolute atomic E-state index is 0.0827. The highest BCUT2D eigenvalue weighted by molar-refractivity contribution is 5.54. The molecule has 0 aliphatic carbocycles. The summed E-state index contributed by atoms with van der Waals surface area (Å²) in [5, 5.41) is 0. The highest BCUT2D eigenvalue weighted by Gasteiger charge is 2.22. The number of nitrogens with two attached hydrogens (primary N) is 1. The molecular formula is C18H18N6O. The summed E-state index contributed by atoms with van der Waals surface area (Å²) in [5.74, 6) is 1.13. The van der Waals surface area contributed by atoms with Crippen molar-refractivity contribution in [2.24, 2.45) is 0 Å². The highest BCUT2D eigenvalue weighted by atomic mass is 16.1. The normalized spacial score (nSPS) is 14.2. The minimum Gasteiger partial charge on any atom is -0.383 e. The van der Waals surface area contributed by atoms with Gasteiger partial charge in [-0.1, -0.05) is 6.07 Å². The number of nitrogens with one attached hydrogen (secondary N) is 1. The van der Waals surface area contributed by atoms with E-state index in [0.29, 0.717) is 24.7 Å². The van der Waals surface area contributed by atoms with Crippen molar-refractivity contribution in [1.29, 1.82) is 0 Å². The smallest absolute Gasteiger partial charge is 0.255 e. The first kappa shape index (κ1) is 15.5. The second-order valence-corrected chi connectivity index (χ2v) is 6.08. The number of anilines is 1. The molecule has 0 aromatic carbocycles. The van der Waals surface area contributed by atoms with Crippen LogP contribution in [0.3, 0.4) is 0 Å². The van der Waals surface area contributed by atoms with Gasteiger partial charge in [0, 0.05) is 55.8 Å². The molecule has 3 aromatic rings. The van der Waals surface area contributed by atoms with E-state index >= 15 is 0 Å². The molecule has 0 bridgehead atoms. The van der Waals surface area contributed by atoms with Crippen LogP contribution in [0.15, 0.2) is 47.7 Å². The summed E-state index contributed by atoms with van der Waals surface area (Å²) in [6, 6.07) is 7.52. The SMILES string of the molecule is Nc1ncccc1CN1CCc2nc(-c3ccncc3)[nH]c(=O)c2C1. The monoisotopic (exact) mass is 334 g/mol. The highest BCUT2D eigenvalue weighted by Crippen LogP contribution is 2.20. The number of H-pyrrole nitrogens is 1. The fourth-order valence-electron chi connectivity index (χ4n) is 3.09. The molecule has 1 aliphatic rings. The molecule has 7 nitrogen and oxygen atoms in total. The molecular weight excluding hydrogens is 316 g/mol. The fraction of sp³-hybridized carbons (Fsp3) is 0.222. The van der Waals surface area contributed by atoms with E-state index in [1.807, 2.05) is 24.3 Å². The summed E-state index contributed by atoms with van der Waals surface area (Å²) >= 11 is 0. The second-order valence-electron chi connectivity index (χ2n) is 6.08. The third-order valence-electron chi connectivity index (χ3n) is 4.42. The molecule has 0 saturated heterocycles. The summed E-state index contributed by atoms with van der Waals surface area (Å²) < 4.78 is 0. The van der Waals surface area contributed by atoms with Gasteiger partial charge in [-0.05, 0) is 18.2 Å². The molecule has 25 heavy (non-hydrogen) atoms. The van der Waals surface area contributed by atoms with Crippen molar-refractivity contribution in [2.45, 2.75) is 19.5 Å². The Labute approximate surface area is 144 Å². The number of nitrogen functional groups attached to an aromatic ring is 1. The van der Waals surface area contributed by atoms with Gasteiger partial charge in [0.25, 0.3) is 5.56 Å². The van der Waals surface area contributed by atoms with E-state index in [-0.39, 0.29) is 5.56 Å². The van der Waals surface area contributed by atoms with Crippen LogP contribution in [0.4, 0.5) is 5.82 Å². The van der Waals surface area contributed by atoms with Gasteiger partial charge in [-0.3, -0.25) is 14.7 Å². The molecule has 0 amide bonds. The van der Waals surface area contributed by atoms with Crippen LogP contribution in [0.5, 0.6) is 0 Å².